The third kappa shape index (κ3) is 3.79. The zero-order valence-electron chi connectivity index (χ0n) is 14.0. The predicted molar refractivity (Wildman–Crippen MR) is 98.9 cm³/mol. The Hall–Kier alpha value is -2.91. The summed E-state index contributed by atoms with van der Waals surface area (Å²) < 4.78 is 24.0. The summed E-state index contributed by atoms with van der Waals surface area (Å²) in [7, 11) is 0. The average molecular weight is 401 g/mol. The topological polar surface area (TPSA) is 78.1 Å². The SMILES string of the molecule is CC(OC(=O)c1csc(-c2ccc(F)cc2)n1)c1nnc(-c2cccs2)o1. The van der Waals surface area contributed by atoms with E-state index in [1.54, 1.807) is 24.4 Å². The summed E-state index contributed by atoms with van der Waals surface area (Å²) in [6.07, 6.45) is -0.713. The molecule has 0 N–H and O–H groups in total. The maximum absolute atomic E-state index is 13.0. The van der Waals surface area contributed by atoms with Gasteiger partial charge in [0.25, 0.3) is 11.8 Å². The number of thiophene rings is 1. The Morgan fingerprint density at radius 3 is 2.74 bits per heavy atom. The summed E-state index contributed by atoms with van der Waals surface area (Å²) >= 11 is 2.75. The molecule has 0 saturated carbocycles. The maximum Gasteiger partial charge on any atom is 0.358 e. The summed E-state index contributed by atoms with van der Waals surface area (Å²) in [5, 5.41) is 12.0. The number of carbonyl (C=O) groups excluding carboxylic acids is 1. The summed E-state index contributed by atoms with van der Waals surface area (Å²) in [6, 6.07) is 9.65. The molecule has 1 unspecified atom stereocenters. The van der Waals surface area contributed by atoms with Crippen LogP contribution in [0.15, 0.2) is 51.6 Å². The molecule has 1 atom stereocenters. The van der Waals surface area contributed by atoms with E-state index in [2.05, 4.69) is 15.2 Å². The highest BCUT2D eigenvalue weighted by atomic mass is 32.1. The van der Waals surface area contributed by atoms with Crippen molar-refractivity contribution in [1.82, 2.24) is 15.2 Å². The third-order valence-corrected chi connectivity index (χ3v) is 5.36. The van der Waals surface area contributed by atoms with Crippen molar-refractivity contribution >= 4 is 28.6 Å². The van der Waals surface area contributed by atoms with Gasteiger partial charge in [-0.15, -0.1) is 32.9 Å². The molecule has 0 bridgehead atoms. The largest absolute Gasteiger partial charge is 0.448 e. The molecule has 0 amide bonds. The fourth-order valence-corrected chi connectivity index (χ4v) is 3.70. The molecule has 1 aromatic carbocycles. The maximum atomic E-state index is 13.0. The van der Waals surface area contributed by atoms with Gasteiger partial charge in [0.2, 0.25) is 0 Å². The quantitative estimate of drug-likeness (QED) is 0.439. The number of ether oxygens (including phenoxy) is 1. The van der Waals surface area contributed by atoms with Crippen molar-refractivity contribution in [2.45, 2.75) is 13.0 Å². The number of rotatable bonds is 5. The zero-order valence-corrected chi connectivity index (χ0v) is 15.6. The van der Waals surface area contributed by atoms with Crippen LogP contribution in [0.3, 0.4) is 0 Å². The monoisotopic (exact) mass is 401 g/mol. The number of halogens is 1. The standard InChI is InChI=1S/C18H12FN3O3S2/c1-10(15-21-22-16(25-15)14-3-2-8-26-14)24-18(23)13-9-27-17(20-13)11-4-6-12(19)7-5-11/h2-10H,1H3. The van der Waals surface area contributed by atoms with Crippen LogP contribution in [0.5, 0.6) is 0 Å². The molecule has 0 saturated heterocycles. The lowest BCUT2D eigenvalue weighted by molar-refractivity contribution is 0.0274. The number of carbonyl (C=O) groups is 1. The molecule has 4 rings (SSSR count). The summed E-state index contributed by atoms with van der Waals surface area (Å²) in [6.45, 7) is 1.65. The Morgan fingerprint density at radius 2 is 2.00 bits per heavy atom. The van der Waals surface area contributed by atoms with E-state index < -0.39 is 12.1 Å². The van der Waals surface area contributed by atoms with Gasteiger partial charge in [-0.1, -0.05) is 6.07 Å². The Bertz CT molecular complexity index is 1060. The molecule has 0 aliphatic rings. The van der Waals surface area contributed by atoms with Gasteiger partial charge >= 0.3 is 5.97 Å². The highest BCUT2D eigenvalue weighted by Crippen LogP contribution is 2.27. The van der Waals surface area contributed by atoms with Crippen molar-refractivity contribution in [1.29, 1.82) is 0 Å². The van der Waals surface area contributed by atoms with Gasteiger partial charge in [-0.3, -0.25) is 0 Å². The van der Waals surface area contributed by atoms with Crippen LogP contribution in [0, 0.1) is 5.82 Å². The van der Waals surface area contributed by atoms with Crippen molar-refractivity contribution in [3.8, 4) is 21.3 Å². The second-order valence-corrected chi connectivity index (χ2v) is 7.32. The molecule has 6 nitrogen and oxygen atoms in total. The molecule has 0 aliphatic heterocycles. The summed E-state index contributed by atoms with van der Waals surface area (Å²) in [5.41, 5.74) is 0.898. The Morgan fingerprint density at radius 1 is 1.19 bits per heavy atom. The smallest absolute Gasteiger partial charge is 0.358 e. The van der Waals surface area contributed by atoms with Gasteiger partial charge in [0.15, 0.2) is 11.8 Å². The third-order valence-electron chi connectivity index (χ3n) is 3.61. The Balaban J connectivity index is 1.45. The Kier molecular flexibility index (Phi) is 4.78. The molecule has 27 heavy (non-hydrogen) atoms. The van der Waals surface area contributed by atoms with Gasteiger partial charge in [0.1, 0.15) is 10.8 Å². The van der Waals surface area contributed by atoms with Crippen molar-refractivity contribution < 1.29 is 18.3 Å². The van der Waals surface area contributed by atoms with Crippen LogP contribution in [-0.4, -0.2) is 21.2 Å². The minimum Gasteiger partial charge on any atom is -0.448 e. The van der Waals surface area contributed by atoms with Gasteiger partial charge in [-0.05, 0) is 42.6 Å². The molecule has 3 aromatic heterocycles. The number of nitrogens with zero attached hydrogens (tertiary/aromatic N) is 3. The molecule has 9 heteroatoms. The Labute approximate surface area is 161 Å². The van der Waals surface area contributed by atoms with E-state index in [4.69, 9.17) is 9.15 Å². The zero-order chi connectivity index (χ0) is 18.8. The molecule has 4 aromatic rings. The van der Waals surface area contributed by atoms with Crippen LogP contribution in [0.4, 0.5) is 4.39 Å². The lowest BCUT2D eigenvalue weighted by Gasteiger charge is -2.07. The lowest BCUT2D eigenvalue weighted by Crippen LogP contribution is -2.10. The van der Waals surface area contributed by atoms with Gasteiger partial charge in [-0.25, -0.2) is 14.2 Å². The minimum absolute atomic E-state index is 0.171. The van der Waals surface area contributed by atoms with Gasteiger partial charge < -0.3 is 9.15 Å². The number of benzene rings is 1. The van der Waals surface area contributed by atoms with Gasteiger partial charge in [0, 0.05) is 10.9 Å². The summed E-state index contributed by atoms with van der Waals surface area (Å²) in [4.78, 5) is 17.4. The van der Waals surface area contributed by atoms with Crippen LogP contribution in [-0.2, 0) is 4.74 Å². The number of thiazole rings is 1. The van der Waals surface area contributed by atoms with Gasteiger partial charge in [-0.2, -0.15) is 0 Å². The van der Waals surface area contributed by atoms with Crippen molar-refractivity contribution in [3.05, 3.63) is 64.6 Å². The van der Waals surface area contributed by atoms with E-state index in [0.29, 0.717) is 10.9 Å². The first-order valence-corrected chi connectivity index (χ1v) is 9.66. The first kappa shape index (κ1) is 17.5. The van der Waals surface area contributed by atoms with E-state index in [9.17, 15) is 9.18 Å². The van der Waals surface area contributed by atoms with Crippen molar-refractivity contribution in [2.75, 3.05) is 0 Å². The van der Waals surface area contributed by atoms with E-state index in [1.807, 2.05) is 17.5 Å². The number of aromatic nitrogens is 3. The molecule has 0 aliphatic carbocycles. The lowest BCUT2D eigenvalue weighted by atomic mass is 10.2. The molecule has 0 spiro atoms. The molecular formula is C18H12FN3O3S2. The van der Waals surface area contributed by atoms with Gasteiger partial charge in [0.05, 0.1) is 4.88 Å². The van der Waals surface area contributed by atoms with Crippen LogP contribution in [0.2, 0.25) is 0 Å². The molecule has 0 radical (unpaired) electrons. The average Bonchev–Trinajstić information content (AvgIpc) is 3.42. The van der Waals surface area contributed by atoms with E-state index in [-0.39, 0.29) is 17.4 Å². The first-order chi connectivity index (χ1) is 13.1. The molecule has 3 heterocycles. The minimum atomic E-state index is -0.713. The van der Waals surface area contributed by atoms with Crippen LogP contribution in [0.1, 0.15) is 29.4 Å². The van der Waals surface area contributed by atoms with E-state index in [0.717, 1.165) is 10.4 Å². The van der Waals surface area contributed by atoms with Crippen LogP contribution < -0.4 is 0 Å². The molecule has 0 fully saturated rings. The fraction of sp³-hybridized carbons (Fsp3) is 0.111. The fourth-order valence-electron chi connectivity index (χ4n) is 2.26. The number of hydrogen-bond donors (Lipinski definition) is 0. The second-order valence-electron chi connectivity index (χ2n) is 5.52. The first-order valence-electron chi connectivity index (χ1n) is 7.90. The van der Waals surface area contributed by atoms with E-state index in [1.165, 1.54) is 34.8 Å². The van der Waals surface area contributed by atoms with E-state index >= 15 is 0 Å². The predicted octanol–water partition coefficient (Wildman–Crippen LogP) is 4.98. The highest BCUT2D eigenvalue weighted by molar-refractivity contribution is 7.13. The van der Waals surface area contributed by atoms with Crippen LogP contribution >= 0.6 is 22.7 Å². The van der Waals surface area contributed by atoms with Crippen LogP contribution in [0.25, 0.3) is 21.3 Å². The number of hydrogen-bond acceptors (Lipinski definition) is 8. The number of esters is 1. The highest BCUT2D eigenvalue weighted by Gasteiger charge is 2.22. The summed E-state index contributed by atoms with van der Waals surface area (Å²) in [5.74, 6) is -0.330. The van der Waals surface area contributed by atoms with Crippen molar-refractivity contribution in [3.63, 3.8) is 0 Å². The molecule has 136 valence electrons. The molecular weight excluding hydrogens is 389 g/mol. The normalized spacial score (nSPS) is 12.1. The van der Waals surface area contributed by atoms with Crippen molar-refractivity contribution in [2.24, 2.45) is 0 Å². The second kappa shape index (κ2) is 7.37.